The Kier molecular flexibility index (Phi) is 4.51. The first-order valence-electron chi connectivity index (χ1n) is 11.9. The highest BCUT2D eigenvalue weighted by Crippen LogP contribution is 2.51. The van der Waals surface area contributed by atoms with Crippen molar-refractivity contribution < 1.29 is 20.5 Å². The minimum absolute atomic E-state index is 0.214. The van der Waals surface area contributed by atoms with Gasteiger partial charge in [0.2, 0.25) is 17.7 Å². The molecule has 35 heavy (non-hydrogen) atoms. The Hall–Kier alpha value is -4.33. The van der Waals surface area contributed by atoms with Crippen LogP contribution in [0.4, 0.5) is 17.1 Å². The molecule has 0 spiro atoms. The lowest BCUT2D eigenvalue weighted by molar-refractivity contribution is -0.124. The van der Waals surface area contributed by atoms with Crippen molar-refractivity contribution in [1.82, 2.24) is 4.98 Å². The number of hydrogen-bond donors (Lipinski definition) is 0. The number of amides is 4. The molecule has 4 heterocycles. The number of pyridine rings is 1. The van der Waals surface area contributed by atoms with Crippen molar-refractivity contribution in [2.75, 3.05) is 21.7 Å². The molecule has 4 amide bonds. The van der Waals surface area contributed by atoms with Gasteiger partial charge in [0.05, 0.1) is 34.6 Å². The number of fused-ring (bicyclic) bond motifs is 2. The molecule has 0 bridgehead atoms. The van der Waals surface area contributed by atoms with Crippen LogP contribution in [-0.4, -0.2) is 41.7 Å². The van der Waals surface area contributed by atoms with E-state index in [2.05, 4.69) is 4.98 Å². The van der Waals surface area contributed by atoms with Gasteiger partial charge in [0.15, 0.2) is 0 Å². The van der Waals surface area contributed by atoms with Crippen molar-refractivity contribution in [1.29, 1.82) is 0 Å². The van der Waals surface area contributed by atoms with Crippen LogP contribution in [0.2, 0.25) is 0 Å². The van der Waals surface area contributed by atoms with Gasteiger partial charge in [0, 0.05) is 26.9 Å². The molecule has 3 aliphatic heterocycles. The highest BCUT2D eigenvalue weighted by molar-refractivity contribution is 6.26. The Bertz CT molecular complexity index is 1420. The number of hydrogen-bond acceptors (Lipinski definition) is 6. The van der Waals surface area contributed by atoms with E-state index in [9.17, 15) is 20.5 Å². The summed E-state index contributed by atoms with van der Waals surface area (Å²) in [6.07, 6.45) is 1.25. The van der Waals surface area contributed by atoms with Crippen molar-refractivity contribution in [3.63, 3.8) is 0 Å². The van der Waals surface area contributed by atoms with Crippen molar-refractivity contribution in [3.05, 3.63) is 84.7 Å². The summed E-state index contributed by atoms with van der Waals surface area (Å²) in [5.41, 5.74) is 1.51. The average Bonchev–Trinajstić information content (AvgIpc) is 3.35. The normalized spacial score (nSPS) is 28.3. The number of benzene rings is 2. The third-order valence-electron chi connectivity index (χ3n) is 7.02. The fraction of sp³-hybridized carbons (Fsp3) is 0.222. The van der Waals surface area contributed by atoms with Gasteiger partial charge in [-0.2, -0.15) is 0 Å². The summed E-state index contributed by atoms with van der Waals surface area (Å²) in [7, 11) is 1.69. The Labute approximate surface area is 203 Å². The second-order valence-electron chi connectivity index (χ2n) is 8.87. The summed E-state index contributed by atoms with van der Waals surface area (Å²) in [6, 6.07) is 19.5. The number of imide groups is 2. The number of likely N-dealkylation sites (N-methyl/N-ethyl adjacent to an activating group) is 1. The minimum Gasteiger partial charge on any atom is -0.360 e. The zero-order valence-corrected chi connectivity index (χ0v) is 18.9. The number of carbonyl (C=O) groups is 4. The van der Waals surface area contributed by atoms with Crippen LogP contribution < -0.4 is 14.7 Å². The summed E-state index contributed by atoms with van der Waals surface area (Å²) >= 11 is 0. The number of para-hydroxylation sites is 2. The van der Waals surface area contributed by atoms with Crippen LogP contribution in [-0.2, 0) is 19.2 Å². The number of anilines is 3. The average molecular weight is 468 g/mol. The molecule has 8 heteroatoms. The summed E-state index contributed by atoms with van der Waals surface area (Å²) < 4.78 is 9.77. The number of carbonyl (C=O) groups excluding carboxylic acids is 4. The first-order chi connectivity index (χ1) is 17.4. The predicted molar refractivity (Wildman–Crippen MR) is 129 cm³/mol. The van der Waals surface area contributed by atoms with E-state index in [4.69, 9.17) is 0 Å². The molecule has 174 valence electrons. The molecule has 4 atom stereocenters. The molecule has 2 fully saturated rings. The Balaban J connectivity index is 1.52. The van der Waals surface area contributed by atoms with Crippen LogP contribution in [0.3, 0.4) is 0 Å². The van der Waals surface area contributed by atoms with Gasteiger partial charge in [0.1, 0.15) is 6.04 Å². The van der Waals surface area contributed by atoms with E-state index in [1.807, 2.05) is 0 Å². The molecular formula is C27H22N4O4. The molecule has 2 saturated heterocycles. The van der Waals surface area contributed by atoms with E-state index in [0.29, 0.717) is 17.1 Å². The second kappa shape index (κ2) is 7.87. The van der Waals surface area contributed by atoms with Crippen LogP contribution in [0.25, 0.3) is 0 Å². The molecule has 6 rings (SSSR count). The van der Waals surface area contributed by atoms with Gasteiger partial charge in [0.25, 0.3) is 5.91 Å². The molecule has 1 unspecified atom stereocenters. The minimum atomic E-state index is -1.93. The van der Waals surface area contributed by atoms with E-state index >= 15 is 0 Å². The lowest BCUT2D eigenvalue weighted by atomic mass is 9.72. The topological polar surface area (TPSA) is 90.9 Å². The smallest absolute Gasteiger partial charge is 0.257 e. The molecule has 8 nitrogen and oxygen atoms in total. The molecule has 0 radical (unpaired) electrons. The van der Waals surface area contributed by atoms with Gasteiger partial charge in [-0.3, -0.25) is 29.1 Å². The molecule has 0 aliphatic carbocycles. The van der Waals surface area contributed by atoms with Crippen LogP contribution in [0.5, 0.6) is 0 Å². The van der Waals surface area contributed by atoms with Crippen molar-refractivity contribution >= 4 is 40.7 Å². The van der Waals surface area contributed by atoms with Crippen LogP contribution in [0, 0.1) is 11.8 Å². The van der Waals surface area contributed by atoms with Gasteiger partial charge in [-0.05, 0) is 36.4 Å². The number of aromatic nitrogens is 1. The maximum absolute atomic E-state index is 13.9. The lowest BCUT2D eigenvalue weighted by Gasteiger charge is -2.40. The van der Waals surface area contributed by atoms with E-state index < -0.39 is 47.4 Å². The van der Waals surface area contributed by atoms with Gasteiger partial charge in [-0.25, -0.2) is 4.90 Å². The second-order valence-corrected chi connectivity index (χ2v) is 8.87. The third-order valence-corrected chi connectivity index (χ3v) is 7.02. The van der Waals surface area contributed by atoms with E-state index in [1.54, 1.807) is 84.7 Å². The van der Waals surface area contributed by atoms with Gasteiger partial charge >= 0.3 is 0 Å². The highest BCUT2D eigenvalue weighted by atomic mass is 16.2. The van der Waals surface area contributed by atoms with E-state index in [1.165, 1.54) is 6.20 Å². The van der Waals surface area contributed by atoms with Crippen molar-refractivity contribution in [2.24, 2.45) is 11.8 Å². The molecular weight excluding hydrogens is 444 g/mol. The largest absolute Gasteiger partial charge is 0.360 e. The Morgan fingerprint density at radius 1 is 0.800 bits per heavy atom. The quantitative estimate of drug-likeness (QED) is 0.550. The molecule has 0 saturated carbocycles. The number of rotatable bonds is 3. The summed E-state index contributed by atoms with van der Waals surface area (Å²) in [5.74, 6) is -6.41. The van der Waals surface area contributed by atoms with Crippen molar-refractivity contribution in [3.8, 4) is 0 Å². The number of nitrogens with zero attached hydrogens (tertiary/aromatic N) is 4. The standard InChI is InChI=1S/C27H22N4O4/c1-29-19-13-8-14-28-23(19)21(18-15-20(32)30(25(18)33)16-9-4-2-5-10-16)22-24(29)27(35)31(26(22)34)17-11-6-3-7-12-17/h2-14,18,21-22,24H,15H2,1H3/t18?,21-,22-,24+/m1/s1/i21D. The van der Waals surface area contributed by atoms with Gasteiger partial charge in [-0.1, -0.05) is 36.4 Å². The predicted octanol–water partition coefficient (Wildman–Crippen LogP) is 2.75. The molecule has 3 aliphatic rings. The zero-order chi connectivity index (χ0) is 25.2. The maximum atomic E-state index is 13.9. The van der Waals surface area contributed by atoms with Gasteiger partial charge < -0.3 is 4.90 Å². The lowest BCUT2D eigenvalue weighted by Crippen LogP contribution is -2.50. The molecule has 3 aromatic rings. The third kappa shape index (κ3) is 3.02. The van der Waals surface area contributed by atoms with Gasteiger partial charge in [-0.15, -0.1) is 0 Å². The fourth-order valence-electron chi connectivity index (χ4n) is 5.49. The Morgan fingerprint density at radius 3 is 2.09 bits per heavy atom. The van der Waals surface area contributed by atoms with Crippen LogP contribution >= 0.6 is 0 Å². The summed E-state index contributed by atoms with van der Waals surface area (Å²) in [5, 5.41) is 0. The fourth-order valence-corrected chi connectivity index (χ4v) is 5.49. The monoisotopic (exact) mass is 467 g/mol. The van der Waals surface area contributed by atoms with Crippen molar-refractivity contribution in [2.45, 2.75) is 18.4 Å². The molecule has 0 N–H and O–H groups in total. The summed E-state index contributed by atoms with van der Waals surface area (Å²) in [4.78, 5) is 62.8. The SMILES string of the molecule is [2H][C@]1(C2CC(=O)N(c3ccccc3)C2=O)c2ncccc2N(C)[C@@H]2C(=O)N(c3ccccc3)C(=O)[C@@H]21. The summed E-state index contributed by atoms with van der Waals surface area (Å²) in [6.45, 7) is 0. The van der Waals surface area contributed by atoms with E-state index in [0.717, 1.165) is 9.80 Å². The Morgan fingerprint density at radius 2 is 1.43 bits per heavy atom. The molecule has 1 aromatic heterocycles. The highest BCUT2D eigenvalue weighted by Gasteiger charge is 2.61. The van der Waals surface area contributed by atoms with Crippen LogP contribution in [0.1, 0.15) is 19.4 Å². The zero-order valence-electron chi connectivity index (χ0n) is 19.9. The van der Waals surface area contributed by atoms with E-state index in [-0.39, 0.29) is 12.1 Å². The molecule has 2 aromatic carbocycles. The maximum Gasteiger partial charge on any atom is 0.257 e. The first-order valence-corrected chi connectivity index (χ1v) is 11.4. The van der Waals surface area contributed by atoms with Crippen LogP contribution in [0.15, 0.2) is 79.0 Å². The first kappa shape index (κ1) is 20.1.